The number of amides is 11. The van der Waals surface area contributed by atoms with Crippen molar-refractivity contribution in [2.24, 2.45) is 34.6 Å². The number of nitrogens with zero attached hydrogens (tertiary/aromatic N) is 4. The molecule has 3 heterocycles. The summed E-state index contributed by atoms with van der Waals surface area (Å²) in [5.74, 6) is -8.55. The number of nitrogens with two attached hydrogens (primary N) is 5. The Morgan fingerprint density at radius 3 is 1.94 bits per heavy atom. The first-order valence-corrected chi connectivity index (χ1v) is 25.9. The van der Waals surface area contributed by atoms with E-state index in [1.807, 2.05) is 87.4 Å². The van der Waals surface area contributed by atoms with Crippen molar-refractivity contribution in [2.45, 2.75) is 107 Å². The summed E-state index contributed by atoms with van der Waals surface area (Å²) in [6.45, 7) is 2.48. The molecular weight excluding hydrogens is 1090 g/mol. The van der Waals surface area contributed by atoms with Crippen LogP contribution >= 0.6 is 11.3 Å². The summed E-state index contributed by atoms with van der Waals surface area (Å²) < 4.78 is 2.40. The van der Waals surface area contributed by atoms with E-state index < -0.39 is 133 Å². The molecule has 1 aliphatic heterocycles. The second-order valence-electron chi connectivity index (χ2n) is 18.7. The van der Waals surface area contributed by atoms with Crippen LogP contribution in [0.2, 0.25) is 0 Å². The van der Waals surface area contributed by atoms with Gasteiger partial charge in [0.05, 0.1) is 37.2 Å². The van der Waals surface area contributed by atoms with E-state index in [2.05, 4.69) is 42.2 Å². The average molecular weight is 1150 g/mol. The number of carbonyl (C=O) groups is 10. The van der Waals surface area contributed by atoms with E-state index in [4.69, 9.17) is 28.7 Å². The van der Waals surface area contributed by atoms with Crippen molar-refractivity contribution in [3.63, 3.8) is 0 Å². The van der Waals surface area contributed by atoms with Crippen molar-refractivity contribution in [3.05, 3.63) is 111 Å². The standard InChI is InChI=1S/C46H62N15O11S.C5H5.Fe/c1-3-23(2)38(57-43(69)31(18-37(49)64)54-42(68)30(17-36(48)63)53-40(66)28(47)12-8-14-52-46(51)72)45(71)60-19-26(61-20-32(58-59-61)24-9-4-5-10-24)16-34(60)44(70)55-29(41(67)56-33(21-62)39(50)65)15-25-22-73-35-13-7-6-11-27(25)35;1-2-4-5-3-1;/h4-7,9-11,13,20,22-23,26,28-31,33-34,38,62H,3,8,12,14-19,21,47H2,1-2H3,(H2,48,63)(H2,49,64)(H2,50,65)(H,53,66)(H,54,68)(H,55,70)(H,56,67)(H,57,69)(H3,51,52,72);1-5H;/q;;+2/t23-,26+,28-,29-,30-,31-,33-,34+,38-;;/m1../s1. The van der Waals surface area contributed by atoms with Gasteiger partial charge < -0.3 is 70.6 Å². The van der Waals surface area contributed by atoms with E-state index in [0.29, 0.717) is 11.3 Å². The van der Waals surface area contributed by atoms with Gasteiger partial charge in [-0.25, -0.2) is 9.48 Å². The zero-order chi connectivity index (χ0) is 57.1. The normalized spacial score (nSPS) is 18.7. The molecule has 10 radical (unpaired) electrons. The van der Waals surface area contributed by atoms with Gasteiger partial charge in [-0.15, -0.1) is 16.4 Å². The molecule has 3 fully saturated rings. The molecule has 2 saturated carbocycles. The van der Waals surface area contributed by atoms with E-state index in [1.54, 1.807) is 20.0 Å². The molecule has 3 aliphatic rings. The first-order valence-electron chi connectivity index (χ1n) is 25.0. The van der Waals surface area contributed by atoms with Gasteiger partial charge >= 0.3 is 23.1 Å². The Balaban J connectivity index is 0.00000212. The average Bonchev–Trinajstić information content (AvgIpc) is 4.30. The molecule has 424 valence electrons. The van der Waals surface area contributed by atoms with Crippen LogP contribution in [0.4, 0.5) is 4.79 Å². The zero-order valence-corrected chi connectivity index (χ0v) is 45.3. The number of hydrogen-bond donors (Lipinski definition) is 12. The van der Waals surface area contributed by atoms with Crippen molar-refractivity contribution in [1.82, 2.24) is 51.8 Å². The van der Waals surface area contributed by atoms with Crippen molar-refractivity contribution in [3.8, 4) is 0 Å². The largest absolute Gasteiger partial charge is 2.00 e. The number of benzene rings is 1. The summed E-state index contributed by atoms with van der Waals surface area (Å²) in [7, 11) is 0. The molecule has 0 unspecified atom stereocenters. The maximum Gasteiger partial charge on any atom is 2.00 e. The third kappa shape index (κ3) is 19.2. The predicted octanol–water partition coefficient (Wildman–Crippen LogP) is -2.88. The fourth-order valence-corrected chi connectivity index (χ4v) is 9.45. The number of thiophene rings is 1. The molecule has 1 aromatic carbocycles. The van der Waals surface area contributed by atoms with E-state index in [9.17, 15) is 48.3 Å². The van der Waals surface area contributed by atoms with Crippen LogP contribution in [0.25, 0.3) is 10.1 Å². The fraction of sp³-hybridized carbons (Fsp3) is 0.412. The molecule has 9 atom stereocenters. The number of likely N-dealkylation sites (tertiary alicyclic amines) is 1. The number of hydrogen-bond acceptors (Lipinski definition) is 15. The van der Waals surface area contributed by atoms with Crippen LogP contribution in [0.5, 0.6) is 0 Å². The van der Waals surface area contributed by atoms with E-state index in [1.165, 1.54) is 20.9 Å². The van der Waals surface area contributed by atoms with Crippen LogP contribution in [0.1, 0.15) is 69.7 Å². The summed E-state index contributed by atoms with van der Waals surface area (Å²) in [6, 6.07) is -4.44. The number of aliphatic hydroxyl groups excluding tert-OH is 1. The van der Waals surface area contributed by atoms with Crippen molar-refractivity contribution in [2.75, 3.05) is 19.7 Å². The van der Waals surface area contributed by atoms with E-state index >= 15 is 4.79 Å². The molecule has 6 rings (SSSR count). The number of aliphatic hydroxyl groups is 1. The number of fused-ring (bicyclic) bond motifs is 1. The number of carbonyl (C=O) groups excluding carboxylic acids is 10. The van der Waals surface area contributed by atoms with Crippen molar-refractivity contribution in [1.29, 1.82) is 0 Å². The summed E-state index contributed by atoms with van der Waals surface area (Å²) in [6.07, 6.45) is 17.7. The Morgan fingerprint density at radius 1 is 0.772 bits per heavy atom. The molecule has 26 nitrogen and oxygen atoms in total. The van der Waals surface area contributed by atoms with Crippen LogP contribution in [0, 0.1) is 69.6 Å². The minimum Gasteiger partial charge on any atom is -0.394 e. The fourth-order valence-electron chi connectivity index (χ4n) is 8.47. The summed E-state index contributed by atoms with van der Waals surface area (Å²) in [5, 5.41) is 35.8. The zero-order valence-electron chi connectivity index (χ0n) is 43.4. The van der Waals surface area contributed by atoms with Gasteiger partial charge in [-0.3, -0.25) is 43.2 Å². The number of primary amides is 4. The van der Waals surface area contributed by atoms with Crippen LogP contribution in [-0.4, -0.2) is 146 Å². The Kier molecular flexibility index (Phi) is 26.0. The molecule has 11 amide bonds. The molecule has 2 aliphatic carbocycles. The Morgan fingerprint density at radius 2 is 1.35 bits per heavy atom. The number of nitrogens with one attached hydrogen (secondary N) is 6. The van der Waals surface area contributed by atoms with Gasteiger partial charge in [0, 0.05) is 42.7 Å². The van der Waals surface area contributed by atoms with Gasteiger partial charge in [0.2, 0.25) is 53.2 Å². The van der Waals surface area contributed by atoms with E-state index in [0.717, 1.165) is 16.0 Å². The molecule has 2 aromatic heterocycles. The molecule has 3 aromatic rings. The van der Waals surface area contributed by atoms with Gasteiger partial charge in [-0.05, 0) is 98.9 Å². The molecule has 28 heteroatoms. The van der Waals surface area contributed by atoms with Gasteiger partial charge in [0.1, 0.15) is 36.3 Å². The molecular formula is C51H67FeN15O11S+2. The van der Waals surface area contributed by atoms with Crippen molar-refractivity contribution >= 4 is 80.6 Å². The summed E-state index contributed by atoms with van der Waals surface area (Å²) in [4.78, 5) is 133. The second kappa shape index (κ2) is 31.7. The van der Waals surface area contributed by atoms with Crippen LogP contribution < -0.4 is 60.6 Å². The van der Waals surface area contributed by atoms with Crippen LogP contribution in [-0.2, 0) is 66.6 Å². The first-order chi connectivity index (χ1) is 37.2. The molecule has 17 N–H and O–H groups in total. The Bertz CT molecular complexity index is 2580. The van der Waals surface area contributed by atoms with Gasteiger partial charge in [-0.2, -0.15) is 0 Å². The molecule has 1 saturated heterocycles. The number of urea groups is 1. The molecule has 0 spiro atoms. The number of aromatic nitrogens is 3. The smallest absolute Gasteiger partial charge is 0.394 e. The predicted molar refractivity (Wildman–Crippen MR) is 284 cm³/mol. The van der Waals surface area contributed by atoms with Gasteiger partial charge in [0.25, 0.3) is 0 Å². The topological polar surface area (TPSA) is 427 Å². The minimum atomic E-state index is -1.78. The maximum atomic E-state index is 15.1. The number of rotatable bonds is 27. The third-order valence-corrected chi connectivity index (χ3v) is 13.9. The minimum absolute atomic E-state index is 0. The molecule has 0 bridgehead atoms. The van der Waals surface area contributed by atoms with Gasteiger partial charge in [0.15, 0.2) is 0 Å². The third-order valence-electron chi connectivity index (χ3n) is 12.9. The van der Waals surface area contributed by atoms with Crippen LogP contribution in [0.3, 0.4) is 0 Å². The Labute approximate surface area is 472 Å². The second-order valence-corrected chi connectivity index (χ2v) is 19.6. The summed E-state index contributed by atoms with van der Waals surface area (Å²) in [5.41, 5.74) is 28.5. The Hall–Kier alpha value is -6.74. The van der Waals surface area contributed by atoms with Crippen molar-refractivity contribution < 1.29 is 70.1 Å². The van der Waals surface area contributed by atoms with E-state index in [-0.39, 0.29) is 62.3 Å². The molecule has 79 heavy (non-hydrogen) atoms. The van der Waals surface area contributed by atoms with Crippen LogP contribution in [0.15, 0.2) is 35.8 Å². The quantitative estimate of drug-likeness (QED) is 0.0270. The monoisotopic (exact) mass is 1150 g/mol. The SMILES string of the molecule is CC[C@@H](C)[C@@H](NC(=O)[C@@H](CC(N)=O)NC(=O)[C@@H](CC(N)=O)NC(=O)[C@H](N)CCCNC(N)=O)C(=O)N1C[C@@H](n2cc([C]3[CH][CH][CH][CH]3)nn2)C[C@H]1C(=O)N[C@H](Cc1csc2ccccc12)C(=O)N[C@H](CO)C(N)=O.[CH]1[CH][CH][CH][CH]1.[Fe+2]. The summed E-state index contributed by atoms with van der Waals surface area (Å²) >= 11 is 1.41. The van der Waals surface area contributed by atoms with Gasteiger partial charge in [-0.1, -0.05) is 43.7 Å². The maximum absolute atomic E-state index is 15.1. The first kappa shape index (κ1) is 64.8.